The molecule has 0 fully saturated rings. The molecule has 0 aliphatic carbocycles. The largest absolute Gasteiger partial charge is 0.478 e. The van der Waals surface area contributed by atoms with Gasteiger partial charge < -0.3 is 14.7 Å². The van der Waals surface area contributed by atoms with Crippen molar-refractivity contribution in [1.29, 1.82) is 0 Å². The number of carboxylic acid groups (broad SMARTS) is 1. The molecule has 0 aliphatic heterocycles. The molecule has 20 heavy (non-hydrogen) atoms. The van der Waals surface area contributed by atoms with Gasteiger partial charge in [0, 0.05) is 25.8 Å². The molecule has 0 spiro atoms. The van der Waals surface area contributed by atoms with Crippen LogP contribution in [0.1, 0.15) is 24.2 Å². The molecule has 0 heterocycles. The van der Waals surface area contributed by atoms with Crippen molar-refractivity contribution in [3.05, 3.63) is 33.9 Å². The molecule has 7 heteroatoms. The van der Waals surface area contributed by atoms with E-state index in [2.05, 4.69) is 0 Å². The van der Waals surface area contributed by atoms with Crippen LogP contribution in [-0.2, 0) is 4.74 Å². The van der Waals surface area contributed by atoms with Gasteiger partial charge in [0.25, 0.3) is 5.69 Å². The van der Waals surface area contributed by atoms with Gasteiger partial charge >= 0.3 is 5.97 Å². The standard InChI is InChI=1S/C13H18N2O5/c1-9(2)14(6-7-20-3)11-5-4-10(13(16)17)8-12(11)15(18)19/h4-5,8-9H,6-7H2,1-3H3,(H,16,17). The number of rotatable bonds is 7. The first-order valence-electron chi connectivity index (χ1n) is 6.15. The average Bonchev–Trinajstić information content (AvgIpc) is 2.38. The molecule has 1 rings (SSSR count). The number of nitro groups is 1. The summed E-state index contributed by atoms with van der Waals surface area (Å²) in [6.45, 7) is 4.73. The Kier molecular flexibility index (Phi) is 5.45. The number of aromatic carboxylic acids is 1. The summed E-state index contributed by atoms with van der Waals surface area (Å²) >= 11 is 0. The number of nitro benzene ring substituents is 1. The Morgan fingerprint density at radius 2 is 2.15 bits per heavy atom. The summed E-state index contributed by atoms with van der Waals surface area (Å²) < 4.78 is 5.00. The van der Waals surface area contributed by atoms with E-state index in [0.717, 1.165) is 6.07 Å². The molecule has 0 unspecified atom stereocenters. The molecular weight excluding hydrogens is 264 g/mol. The van der Waals surface area contributed by atoms with Crippen molar-refractivity contribution in [3.63, 3.8) is 0 Å². The minimum atomic E-state index is -1.19. The van der Waals surface area contributed by atoms with E-state index in [1.807, 2.05) is 18.7 Å². The number of carboxylic acids is 1. The first kappa shape index (κ1) is 15.9. The van der Waals surface area contributed by atoms with Crippen LogP contribution >= 0.6 is 0 Å². The van der Waals surface area contributed by atoms with E-state index in [1.54, 1.807) is 7.11 Å². The second-order valence-corrected chi connectivity index (χ2v) is 4.55. The van der Waals surface area contributed by atoms with Gasteiger partial charge in [-0.05, 0) is 26.0 Å². The highest BCUT2D eigenvalue weighted by molar-refractivity contribution is 5.89. The maximum Gasteiger partial charge on any atom is 0.335 e. The molecule has 1 aromatic carbocycles. The highest BCUT2D eigenvalue weighted by atomic mass is 16.6. The number of ether oxygens (including phenoxy) is 1. The van der Waals surface area contributed by atoms with Crippen molar-refractivity contribution in [2.75, 3.05) is 25.2 Å². The van der Waals surface area contributed by atoms with Gasteiger partial charge in [0.2, 0.25) is 0 Å². The van der Waals surface area contributed by atoms with E-state index in [1.165, 1.54) is 12.1 Å². The number of anilines is 1. The van der Waals surface area contributed by atoms with Crippen LogP contribution in [0.15, 0.2) is 18.2 Å². The third kappa shape index (κ3) is 3.67. The number of carbonyl (C=O) groups is 1. The molecule has 0 aromatic heterocycles. The molecule has 0 bridgehead atoms. The van der Waals surface area contributed by atoms with Gasteiger partial charge in [-0.3, -0.25) is 10.1 Å². The second-order valence-electron chi connectivity index (χ2n) is 4.55. The number of methoxy groups -OCH3 is 1. The van der Waals surface area contributed by atoms with E-state index >= 15 is 0 Å². The zero-order valence-corrected chi connectivity index (χ0v) is 11.7. The summed E-state index contributed by atoms with van der Waals surface area (Å²) in [5.41, 5.74) is 0.0812. The molecule has 1 aromatic rings. The van der Waals surface area contributed by atoms with Gasteiger partial charge in [-0.25, -0.2) is 4.79 Å². The van der Waals surface area contributed by atoms with Gasteiger partial charge in [0.05, 0.1) is 17.1 Å². The summed E-state index contributed by atoms with van der Waals surface area (Å²) in [6.07, 6.45) is 0. The Morgan fingerprint density at radius 1 is 1.50 bits per heavy atom. The third-order valence-corrected chi connectivity index (χ3v) is 2.89. The summed E-state index contributed by atoms with van der Waals surface area (Å²) in [7, 11) is 1.56. The quantitative estimate of drug-likeness (QED) is 0.608. The first-order valence-corrected chi connectivity index (χ1v) is 6.15. The van der Waals surface area contributed by atoms with Crippen molar-refractivity contribution in [2.45, 2.75) is 19.9 Å². The van der Waals surface area contributed by atoms with E-state index < -0.39 is 10.9 Å². The number of hydrogen-bond acceptors (Lipinski definition) is 5. The van der Waals surface area contributed by atoms with Gasteiger partial charge in [-0.1, -0.05) is 0 Å². The van der Waals surface area contributed by atoms with Crippen LogP contribution in [0.5, 0.6) is 0 Å². The fourth-order valence-electron chi connectivity index (χ4n) is 1.89. The molecule has 110 valence electrons. The van der Waals surface area contributed by atoms with Gasteiger partial charge in [0.1, 0.15) is 5.69 Å². The van der Waals surface area contributed by atoms with Gasteiger partial charge in [-0.2, -0.15) is 0 Å². The minimum absolute atomic E-state index is 0.0273. The molecule has 0 radical (unpaired) electrons. The maximum absolute atomic E-state index is 11.2. The lowest BCUT2D eigenvalue weighted by Gasteiger charge is -2.28. The van der Waals surface area contributed by atoms with Crippen LogP contribution < -0.4 is 4.90 Å². The second kappa shape index (κ2) is 6.85. The Hall–Kier alpha value is -2.15. The Balaban J connectivity index is 3.26. The summed E-state index contributed by atoms with van der Waals surface area (Å²) in [4.78, 5) is 23.3. The number of benzene rings is 1. The van der Waals surface area contributed by atoms with Crippen molar-refractivity contribution >= 4 is 17.3 Å². The zero-order chi connectivity index (χ0) is 15.3. The lowest BCUT2D eigenvalue weighted by Crippen LogP contribution is -2.34. The van der Waals surface area contributed by atoms with E-state index in [4.69, 9.17) is 9.84 Å². The number of hydrogen-bond donors (Lipinski definition) is 1. The van der Waals surface area contributed by atoms with Crippen LogP contribution in [0, 0.1) is 10.1 Å². The lowest BCUT2D eigenvalue weighted by molar-refractivity contribution is -0.384. The zero-order valence-electron chi connectivity index (χ0n) is 11.7. The van der Waals surface area contributed by atoms with Crippen LogP contribution in [0.2, 0.25) is 0 Å². The summed E-state index contributed by atoms with van der Waals surface area (Å²) in [5.74, 6) is -1.19. The highest BCUT2D eigenvalue weighted by Gasteiger charge is 2.23. The molecule has 0 atom stereocenters. The SMILES string of the molecule is COCCN(c1ccc(C(=O)O)cc1[N+](=O)[O-])C(C)C. The van der Waals surface area contributed by atoms with Crippen LogP contribution in [0.25, 0.3) is 0 Å². The van der Waals surface area contributed by atoms with E-state index in [-0.39, 0.29) is 17.3 Å². The minimum Gasteiger partial charge on any atom is -0.478 e. The predicted octanol–water partition coefficient (Wildman–Crippen LogP) is 2.15. The first-order chi connectivity index (χ1) is 9.38. The van der Waals surface area contributed by atoms with Crippen LogP contribution in [0.3, 0.4) is 0 Å². The predicted molar refractivity (Wildman–Crippen MR) is 74.4 cm³/mol. The van der Waals surface area contributed by atoms with Crippen molar-refractivity contribution in [1.82, 2.24) is 0 Å². The van der Waals surface area contributed by atoms with E-state index in [0.29, 0.717) is 18.8 Å². The van der Waals surface area contributed by atoms with Gasteiger partial charge in [-0.15, -0.1) is 0 Å². The Labute approximate surface area is 116 Å². The molecule has 0 saturated heterocycles. The molecule has 1 N–H and O–H groups in total. The molecule has 0 aliphatic rings. The summed E-state index contributed by atoms with van der Waals surface area (Å²) in [6, 6.07) is 3.95. The van der Waals surface area contributed by atoms with Gasteiger partial charge in [0.15, 0.2) is 0 Å². The van der Waals surface area contributed by atoms with Crippen molar-refractivity contribution in [2.24, 2.45) is 0 Å². The van der Waals surface area contributed by atoms with Crippen LogP contribution in [-0.4, -0.2) is 42.3 Å². The third-order valence-electron chi connectivity index (χ3n) is 2.89. The molecular formula is C13H18N2O5. The molecule has 0 amide bonds. The maximum atomic E-state index is 11.2. The normalized spacial score (nSPS) is 10.6. The fourth-order valence-corrected chi connectivity index (χ4v) is 1.89. The topological polar surface area (TPSA) is 92.9 Å². The smallest absolute Gasteiger partial charge is 0.335 e. The lowest BCUT2D eigenvalue weighted by atomic mass is 10.1. The molecule has 0 saturated carbocycles. The summed E-state index contributed by atoms with van der Waals surface area (Å²) in [5, 5.41) is 20.1. The fraction of sp³-hybridized carbons (Fsp3) is 0.462. The molecule has 7 nitrogen and oxygen atoms in total. The van der Waals surface area contributed by atoms with Crippen molar-refractivity contribution in [3.8, 4) is 0 Å². The van der Waals surface area contributed by atoms with E-state index in [9.17, 15) is 14.9 Å². The number of nitrogens with zero attached hydrogens (tertiary/aromatic N) is 2. The Bertz CT molecular complexity index is 502. The monoisotopic (exact) mass is 282 g/mol. The van der Waals surface area contributed by atoms with Crippen molar-refractivity contribution < 1.29 is 19.6 Å². The Morgan fingerprint density at radius 3 is 2.60 bits per heavy atom. The average molecular weight is 282 g/mol. The highest BCUT2D eigenvalue weighted by Crippen LogP contribution is 2.30. The van der Waals surface area contributed by atoms with Crippen LogP contribution in [0.4, 0.5) is 11.4 Å².